The minimum atomic E-state index is 0. The Kier molecular flexibility index (Phi) is 720. The van der Waals surface area contributed by atoms with Crippen molar-refractivity contribution in [3.8, 4) is 0 Å². The Bertz CT molecular complexity index is 21.8. The van der Waals surface area contributed by atoms with Crippen LogP contribution in [-0.4, -0.2) is 194 Å². The molecule has 0 saturated heterocycles. The predicted octanol–water partition coefficient (Wildman–Crippen LogP) is -3.05. The van der Waals surface area contributed by atoms with Crippen LogP contribution in [0.2, 0.25) is 0 Å². The Morgan fingerprint density at radius 2 is 0.364 bits per heavy atom. The van der Waals surface area contributed by atoms with Gasteiger partial charge in [0.05, 0.1) is 0 Å². The van der Waals surface area contributed by atoms with Crippen LogP contribution in [0.5, 0.6) is 0 Å². The van der Waals surface area contributed by atoms with Crippen LogP contribution >= 0.6 is 0 Å². The average molecular weight is 1190 g/mol. The van der Waals surface area contributed by atoms with Crippen molar-refractivity contribution >= 4 is 194 Å². The topological polar surface area (TPSA) is 0 Å². The van der Waals surface area contributed by atoms with Crippen LogP contribution in [0.3, 0.4) is 0 Å². The third kappa shape index (κ3) is 72.4. The summed E-state index contributed by atoms with van der Waals surface area (Å²) >= 11 is 0. The van der Waals surface area contributed by atoms with Crippen molar-refractivity contribution in [3.63, 3.8) is 0 Å². The first-order valence-corrected chi connectivity index (χ1v) is 0. The first kappa shape index (κ1) is 96.8. The van der Waals surface area contributed by atoms with Crippen LogP contribution in [-0.2, 0) is 49.5 Å². The third-order valence-corrected chi connectivity index (χ3v) is 0. The Labute approximate surface area is 237 Å². The fourth-order valence-corrected chi connectivity index (χ4v) is 0. The molecule has 0 atom stereocenters. The van der Waals surface area contributed by atoms with Gasteiger partial charge in [0.2, 0.25) is 0 Å². The summed E-state index contributed by atoms with van der Waals surface area (Å²) in [5.74, 6) is 0. The number of hydrogen-bond acceptors (Lipinski definition) is 0. The van der Waals surface area contributed by atoms with Gasteiger partial charge in [-0.25, -0.2) is 0 Å². The molecular weight excluding hydrogens is 1190 g/mol. The standard InChI is InChI=1S/2Al.3In.3Ni.3Tl/q2*-3;;;;3*+2;;;. The van der Waals surface area contributed by atoms with E-state index in [1.54, 1.807) is 0 Å². The molecule has 0 heterocycles. The van der Waals surface area contributed by atoms with E-state index < -0.39 is 0 Å². The Morgan fingerprint density at radius 3 is 0.364 bits per heavy atom. The molecule has 0 saturated carbocycles. The number of rotatable bonds is 0. The summed E-state index contributed by atoms with van der Waals surface area (Å²) in [6, 6.07) is 0. The molecule has 0 N–H and O–H groups in total. The second-order valence-corrected chi connectivity index (χ2v) is 0. The maximum atomic E-state index is 0. The van der Waals surface area contributed by atoms with E-state index in [9.17, 15) is 0 Å². The molecule has 0 fully saturated rings. The summed E-state index contributed by atoms with van der Waals surface area (Å²) in [4.78, 5) is 0. The van der Waals surface area contributed by atoms with Gasteiger partial charge in [-0.2, -0.15) is 0 Å². The van der Waals surface area contributed by atoms with E-state index in [0.717, 1.165) is 0 Å². The summed E-state index contributed by atoms with van der Waals surface area (Å²) in [5, 5.41) is 0. The van der Waals surface area contributed by atoms with Crippen LogP contribution in [0.4, 0.5) is 0 Å². The van der Waals surface area contributed by atoms with Crippen LogP contribution in [0, 0.1) is 0 Å². The van der Waals surface area contributed by atoms with Crippen LogP contribution in [0.15, 0.2) is 0 Å². The predicted molar refractivity (Wildman–Crippen MR) is 46.0 cm³/mol. The van der Waals surface area contributed by atoms with Gasteiger partial charge in [0.15, 0.2) is 0 Å². The molecule has 0 aromatic heterocycles. The first-order chi connectivity index (χ1) is 0. The maximum Gasteiger partial charge on any atom is 2.00 e. The summed E-state index contributed by atoms with van der Waals surface area (Å²) in [5.41, 5.74) is 0. The summed E-state index contributed by atoms with van der Waals surface area (Å²) in [7, 11) is 0. The quantitative estimate of drug-likeness (QED) is 0.227. The van der Waals surface area contributed by atoms with Gasteiger partial charge in [0.1, 0.15) is 0 Å². The van der Waals surface area contributed by atoms with Crippen LogP contribution < -0.4 is 0 Å². The van der Waals surface area contributed by atoms with Gasteiger partial charge in [-0.15, -0.1) is 0 Å². The Hall–Kier alpha value is 7.92. The van der Waals surface area contributed by atoms with E-state index in [4.69, 9.17) is 0 Å². The molecule has 0 amide bonds. The molecule has 0 aromatic rings. The molecule has 0 unspecified atom stereocenters. The normalized spacial score (nSPS) is 0. The molecule has 0 spiro atoms. The van der Waals surface area contributed by atoms with Crippen molar-refractivity contribution in [1.82, 2.24) is 0 Å². The molecule has 0 aliphatic rings. The molecule has 54 valence electrons. The van der Waals surface area contributed by atoms with E-state index in [-0.39, 0.29) is 244 Å². The van der Waals surface area contributed by atoms with E-state index >= 15 is 0 Å². The molecule has 16 radical (unpaired) electrons. The Balaban J connectivity index is 0. The van der Waals surface area contributed by atoms with Crippen molar-refractivity contribution in [2.45, 2.75) is 0 Å². The van der Waals surface area contributed by atoms with Gasteiger partial charge in [0, 0.05) is 159 Å². The zero-order valence-corrected chi connectivity index (χ0v) is 34.2. The van der Waals surface area contributed by atoms with Crippen molar-refractivity contribution in [3.05, 3.63) is 0 Å². The monoisotopic (exact) mass is 1190 g/mol. The molecule has 11 heteroatoms. The van der Waals surface area contributed by atoms with Crippen molar-refractivity contribution in [2.75, 3.05) is 0 Å². The molecule has 0 aliphatic carbocycles. The largest absolute Gasteiger partial charge is 3.00 e. The third-order valence-electron chi connectivity index (χ3n) is 0. The molecule has 0 rings (SSSR count). The van der Waals surface area contributed by atoms with Crippen LogP contribution in [0.25, 0.3) is 0 Å². The molecule has 0 aliphatic heterocycles. The first-order valence-electron chi connectivity index (χ1n) is 0. The fourth-order valence-electron chi connectivity index (χ4n) is 0. The van der Waals surface area contributed by atoms with Gasteiger partial charge < -0.3 is 34.7 Å². The molecular formula is Al2In3Ni3Tl3. The van der Waals surface area contributed by atoms with E-state index in [2.05, 4.69) is 0 Å². The van der Waals surface area contributed by atoms with Crippen LogP contribution in [0.1, 0.15) is 0 Å². The minimum Gasteiger partial charge on any atom is -3.00 e. The van der Waals surface area contributed by atoms with E-state index in [1.165, 1.54) is 0 Å². The van der Waals surface area contributed by atoms with Gasteiger partial charge in [0.25, 0.3) is 0 Å². The number of hydrogen-bond donors (Lipinski definition) is 0. The molecule has 0 nitrogen and oxygen atoms in total. The van der Waals surface area contributed by atoms with Crippen molar-refractivity contribution in [2.24, 2.45) is 0 Å². The van der Waals surface area contributed by atoms with Gasteiger partial charge in [-0.3, -0.25) is 0 Å². The smallest absolute Gasteiger partial charge is 2.00 e. The summed E-state index contributed by atoms with van der Waals surface area (Å²) < 4.78 is 0. The minimum absolute atomic E-state index is 0. The van der Waals surface area contributed by atoms with E-state index in [0.29, 0.717) is 0 Å². The fraction of sp³-hybridized carbons (Fsp3) is 0. The van der Waals surface area contributed by atoms with Crippen molar-refractivity contribution in [1.29, 1.82) is 0 Å². The molecule has 11 heavy (non-hydrogen) atoms. The summed E-state index contributed by atoms with van der Waals surface area (Å²) in [6.07, 6.45) is 0. The maximum absolute atomic E-state index is 0. The zero-order chi connectivity index (χ0) is 0. The average Bonchev–Trinajstić information content (AvgIpc) is 0. The Morgan fingerprint density at radius 1 is 0.364 bits per heavy atom. The van der Waals surface area contributed by atoms with Gasteiger partial charge >= 0.3 is 49.5 Å². The molecule has 0 bridgehead atoms. The van der Waals surface area contributed by atoms with Gasteiger partial charge in [-0.1, -0.05) is 0 Å². The SMILES string of the molecule is [Al-3].[Al-3].[In].[In].[In].[Ni+2].[Ni+2].[Ni+2].[Tl].[Tl].[Tl]. The van der Waals surface area contributed by atoms with Crippen molar-refractivity contribution < 1.29 is 49.5 Å². The van der Waals surface area contributed by atoms with Gasteiger partial charge in [-0.05, 0) is 0 Å². The second kappa shape index (κ2) is 81.8. The molecule has 0 aromatic carbocycles. The second-order valence-electron chi connectivity index (χ2n) is 0. The van der Waals surface area contributed by atoms with E-state index in [1.807, 2.05) is 0 Å². The zero-order valence-electron chi connectivity index (χ0n) is 5.57. The summed E-state index contributed by atoms with van der Waals surface area (Å²) in [6.45, 7) is 0.